The van der Waals surface area contributed by atoms with Crippen LogP contribution in [0.4, 0.5) is 5.69 Å². The fraction of sp³-hybridized carbons (Fsp3) is 0.115. The molecule has 0 atom stereocenters. The minimum Gasteiger partial charge on any atom is -0.480 e. The largest absolute Gasteiger partial charge is 0.480 e. The molecule has 0 saturated heterocycles. The van der Waals surface area contributed by atoms with Crippen LogP contribution in [0, 0.1) is 0 Å². The number of halogens is 2. The Balaban J connectivity index is 1.79. The molecule has 4 aromatic rings. The molecule has 0 spiro atoms. The number of aromatic nitrogens is 1. The number of aliphatic carboxylic acids is 1. The second kappa shape index (κ2) is 10.7. The number of hydrogen-bond donors (Lipinski definition) is 1. The number of ketones is 1. The molecule has 7 nitrogen and oxygen atoms in total. The fourth-order valence-electron chi connectivity index (χ4n) is 3.92. The van der Waals surface area contributed by atoms with Gasteiger partial charge in [-0.05, 0) is 47.7 Å². The zero-order valence-electron chi connectivity index (χ0n) is 18.8. The van der Waals surface area contributed by atoms with Crippen molar-refractivity contribution in [3.05, 3.63) is 100 Å². The van der Waals surface area contributed by atoms with Gasteiger partial charge in [-0.2, -0.15) is 0 Å². The van der Waals surface area contributed by atoms with Crippen molar-refractivity contribution in [2.45, 2.75) is 17.7 Å². The molecule has 0 fully saturated rings. The predicted octanol–water partition coefficient (Wildman–Crippen LogP) is 5.64. The average molecular weight is 543 g/mol. The molecule has 0 bridgehead atoms. The summed E-state index contributed by atoms with van der Waals surface area (Å²) in [6, 6.07) is 17.2. The maximum absolute atomic E-state index is 13.6. The quantitative estimate of drug-likeness (QED) is 0.274. The first kappa shape index (κ1) is 25.6. The first-order chi connectivity index (χ1) is 17.2. The second-order valence-corrected chi connectivity index (χ2v) is 10.7. The van der Waals surface area contributed by atoms with Crippen molar-refractivity contribution in [1.82, 2.24) is 4.98 Å². The molecule has 0 amide bonds. The van der Waals surface area contributed by atoms with Gasteiger partial charge in [0.15, 0.2) is 5.78 Å². The van der Waals surface area contributed by atoms with Crippen LogP contribution < -0.4 is 4.31 Å². The van der Waals surface area contributed by atoms with E-state index in [0.29, 0.717) is 22.8 Å². The maximum atomic E-state index is 13.6. The summed E-state index contributed by atoms with van der Waals surface area (Å²) in [6.07, 6.45) is 4.09. The summed E-state index contributed by atoms with van der Waals surface area (Å²) in [5.41, 5.74) is 1.45. The first-order valence-electron chi connectivity index (χ1n) is 10.8. The van der Waals surface area contributed by atoms with E-state index < -0.39 is 22.5 Å². The lowest BCUT2D eigenvalue weighted by Gasteiger charge is -2.25. The van der Waals surface area contributed by atoms with Gasteiger partial charge in [-0.1, -0.05) is 59.6 Å². The van der Waals surface area contributed by atoms with Gasteiger partial charge in [-0.3, -0.25) is 18.9 Å². The third kappa shape index (κ3) is 5.51. The molecule has 0 aliphatic rings. The highest BCUT2D eigenvalue weighted by atomic mass is 35.5. The maximum Gasteiger partial charge on any atom is 0.324 e. The molecule has 0 unspecified atom stereocenters. The normalized spacial score (nSPS) is 11.4. The number of carbonyl (C=O) groups excluding carboxylic acids is 1. The highest BCUT2D eigenvalue weighted by Crippen LogP contribution is 2.34. The number of Topliss-reactive ketones (excluding diaryl/α,β-unsaturated/α-hetero) is 1. The lowest BCUT2D eigenvalue weighted by atomic mass is 9.97. The van der Waals surface area contributed by atoms with E-state index in [2.05, 4.69) is 4.98 Å². The second-order valence-electron chi connectivity index (χ2n) is 7.97. The van der Waals surface area contributed by atoms with Gasteiger partial charge in [0.25, 0.3) is 10.0 Å². The summed E-state index contributed by atoms with van der Waals surface area (Å²) in [7, 11) is -4.37. The van der Waals surface area contributed by atoms with Crippen molar-refractivity contribution >= 4 is 61.4 Å². The Morgan fingerprint density at radius 3 is 2.28 bits per heavy atom. The molecule has 4 rings (SSSR count). The molecule has 36 heavy (non-hydrogen) atoms. The number of anilines is 1. The number of carboxylic acids is 1. The molecular formula is C26H20Cl2N2O5S. The Labute approximate surface area is 218 Å². The number of pyridine rings is 1. The minimum atomic E-state index is -4.37. The fourth-order valence-corrected chi connectivity index (χ4v) is 6.08. The Bertz CT molecular complexity index is 1540. The van der Waals surface area contributed by atoms with E-state index in [4.69, 9.17) is 23.2 Å². The van der Waals surface area contributed by atoms with Crippen LogP contribution in [0.1, 0.15) is 22.3 Å². The molecule has 10 heteroatoms. The molecule has 1 aromatic heterocycles. The molecule has 0 radical (unpaired) electrons. The minimum absolute atomic E-state index is 0.0933. The highest BCUT2D eigenvalue weighted by molar-refractivity contribution is 7.92. The molecular weight excluding hydrogens is 523 g/mol. The third-order valence-electron chi connectivity index (χ3n) is 5.53. The van der Waals surface area contributed by atoms with Crippen LogP contribution in [0.25, 0.3) is 10.8 Å². The predicted molar refractivity (Wildman–Crippen MR) is 139 cm³/mol. The molecule has 0 aliphatic heterocycles. The van der Waals surface area contributed by atoms with E-state index in [1.54, 1.807) is 48.8 Å². The molecule has 1 heterocycles. The van der Waals surface area contributed by atoms with Crippen LogP contribution in [-0.2, 0) is 21.2 Å². The van der Waals surface area contributed by atoms with Crippen LogP contribution in [0.5, 0.6) is 0 Å². The summed E-state index contributed by atoms with van der Waals surface area (Å²) in [5, 5.41) is 10.7. The average Bonchev–Trinajstić information content (AvgIpc) is 2.85. The first-order valence-corrected chi connectivity index (χ1v) is 13.0. The lowest BCUT2D eigenvalue weighted by molar-refractivity contribution is -0.135. The van der Waals surface area contributed by atoms with Crippen LogP contribution >= 0.6 is 23.2 Å². The van der Waals surface area contributed by atoms with Crippen LogP contribution in [0.3, 0.4) is 0 Å². The van der Waals surface area contributed by atoms with Gasteiger partial charge in [0.05, 0.1) is 10.6 Å². The summed E-state index contributed by atoms with van der Waals surface area (Å²) < 4.78 is 27.9. The number of nitrogens with zero attached hydrogens (tertiary/aromatic N) is 2. The Morgan fingerprint density at radius 2 is 1.61 bits per heavy atom. The molecule has 0 aliphatic carbocycles. The summed E-state index contributed by atoms with van der Waals surface area (Å²) in [5.74, 6) is -1.48. The van der Waals surface area contributed by atoms with Gasteiger partial charge in [-0.15, -0.1) is 0 Å². The standard InChI is InChI=1S/C26H20Cl2N2O5S/c27-18-12-19(28)14-20(13-18)36(34,35)30(16-26(32)33)24-8-2-5-21-22(24)6-1-7-23(21)25(31)10-9-17-4-3-11-29-15-17/h1-8,11-15H,9-10,16H2,(H,32,33). The van der Waals surface area contributed by atoms with Crippen LogP contribution in [0.15, 0.2) is 84.0 Å². The number of sulfonamides is 1. The van der Waals surface area contributed by atoms with Gasteiger partial charge < -0.3 is 5.11 Å². The summed E-state index contributed by atoms with van der Waals surface area (Å²) in [6.45, 7) is -0.842. The van der Waals surface area contributed by atoms with Gasteiger partial charge in [0, 0.05) is 39.8 Å². The van der Waals surface area contributed by atoms with Crippen molar-refractivity contribution in [2.24, 2.45) is 0 Å². The smallest absolute Gasteiger partial charge is 0.324 e. The molecule has 0 saturated carbocycles. The van der Waals surface area contributed by atoms with E-state index in [0.717, 1.165) is 9.87 Å². The number of aryl methyl sites for hydroxylation is 1. The van der Waals surface area contributed by atoms with E-state index in [1.807, 2.05) is 6.07 Å². The van der Waals surface area contributed by atoms with Crippen molar-refractivity contribution in [1.29, 1.82) is 0 Å². The molecule has 184 valence electrons. The van der Waals surface area contributed by atoms with E-state index in [1.165, 1.54) is 24.3 Å². The van der Waals surface area contributed by atoms with E-state index in [-0.39, 0.29) is 32.8 Å². The molecule has 3 aromatic carbocycles. The zero-order valence-corrected chi connectivity index (χ0v) is 21.1. The lowest BCUT2D eigenvalue weighted by Crippen LogP contribution is -2.36. The van der Waals surface area contributed by atoms with Crippen molar-refractivity contribution < 1.29 is 23.1 Å². The zero-order chi connectivity index (χ0) is 25.9. The number of fused-ring (bicyclic) bond motifs is 1. The van der Waals surface area contributed by atoms with Gasteiger partial charge >= 0.3 is 5.97 Å². The number of hydrogen-bond acceptors (Lipinski definition) is 5. The Morgan fingerprint density at radius 1 is 0.917 bits per heavy atom. The van der Waals surface area contributed by atoms with Gasteiger partial charge in [0.2, 0.25) is 0 Å². The third-order valence-corrected chi connectivity index (χ3v) is 7.71. The van der Waals surface area contributed by atoms with E-state index >= 15 is 0 Å². The Hall–Kier alpha value is -3.46. The topological polar surface area (TPSA) is 105 Å². The highest BCUT2D eigenvalue weighted by Gasteiger charge is 2.29. The van der Waals surface area contributed by atoms with Crippen LogP contribution in [-0.4, -0.2) is 36.8 Å². The number of rotatable bonds is 9. The molecule has 1 N–H and O–H groups in total. The van der Waals surface area contributed by atoms with Crippen molar-refractivity contribution in [3.63, 3.8) is 0 Å². The van der Waals surface area contributed by atoms with E-state index in [9.17, 15) is 23.1 Å². The summed E-state index contributed by atoms with van der Waals surface area (Å²) in [4.78, 5) is 28.6. The SMILES string of the molecule is O=C(O)CN(c1cccc2c(C(=O)CCc3cccnc3)cccc12)S(=O)(=O)c1cc(Cl)cc(Cl)c1. The number of carboxylic acid groups (broad SMARTS) is 1. The van der Waals surface area contributed by atoms with Gasteiger partial charge in [-0.25, -0.2) is 8.42 Å². The number of benzene rings is 3. The van der Waals surface area contributed by atoms with Gasteiger partial charge in [0.1, 0.15) is 6.54 Å². The number of carbonyl (C=O) groups is 2. The summed E-state index contributed by atoms with van der Waals surface area (Å²) >= 11 is 12.0. The Kier molecular flexibility index (Phi) is 7.59. The van der Waals surface area contributed by atoms with Crippen molar-refractivity contribution in [2.75, 3.05) is 10.8 Å². The van der Waals surface area contributed by atoms with Crippen molar-refractivity contribution in [3.8, 4) is 0 Å². The monoisotopic (exact) mass is 542 g/mol. The van der Waals surface area contributed by atoms with Crippen LogP contribution in [0.2, 0.25) is 10.0 Å².